The Labute approximate surface area is 88.1 Å². The molecule has 0 heterocycles. The third kappa shape index (κ3) is 1.68. The summed E-state index contributed by atoms with van der Waals surface area (Å²) in [6.45, 7) is 0. The molecule has 0 bridgehead atoms. The van der Waals surface area contributed by atoms with Crippen LogP contribution in [-0.4, -0.2) is 11.8 Å². The molecule has 1 atom stereocenters. The van der Waals surface area contributed by atoms with Gasteiger partial charge in [0.25, 0.3) is 0 Å². The summed E-state index contributed by atoms with van der Waals surface area (Å²) in [4.78, 5) is 11.5. The summed E-state index contributed by atoms with van der Waals surface area (Å²) in [5, 5.41) is 0.754. The predicted molar refractivity (Wildman–Crippen MR) is 56.5 cm³/mol. The Bertz CT molecular complexity index is 376. The molecular formula is C11H12ClNO. The molecule has 74 valence electrons. The van der Waals surface area contributed by atoms with E-state index in [0.717, 1.165) is 22.6 Å². The molecular weight excluding hydrogens is 198 g/mol. The van der Waals surface area contributed by atoms with E-state index >= 15 is 0 Å². The van der Waals surface area contributed by atoms with Crippen LogP contribution in [0.4, 0.5) is 0 Å². The molecule has 1 aromatic rings. The lowest BCUT2D eigenvalue weighted by Gasteiger charge is -2.05. The van der Waals surface area contributed by atoms with Gasteiger partial charge in [0, 0.05) is 11.4 Å². The first-order valence-electron chi connectivity index (χ1n) is 4.73. The van der Waals surface area contributed by atoms with Crippen molar-refractivity contribution < 1.29 is 4.79 Å². The number of Topliss-reactive ketones (excluding diaryl/α,β-unsaturated/α-hetero) is 1. The van der Waals surface area contributed by atoms with E-state index in [1.807, 2.05) is 18.2 Å². The maximum Gasteiger partial charge on any atom is 0.153 e. The number of fused-ring (bicyclic) bond motifs is 1. The van der Waals surface area contributed by atoms with Crippen molar-refractivity contribution in [3.8, 4) is 0 Å². The smallest absolute Gasteiger partial charge is 0.153 e. The molecule has 0 amide bonds. The van der Waals surface area contributed by atoms with Crippen LogP contribution >= 0.6 is 11.6 Å². The van der Waals surface area contributed by atoms with Gasteiger partial charge in [0.15, 0.2) is 5.78 Å². The van der Waals surface area contributed by atoms with Crippen molar-refractivity contribution in [3.05, 3.63) is 34.3 Å². The molecule has 0 fully saturated rings. The molecule has 2 nitrogen and oxygen atoms in total. The summed E-state index contributed by atoms with van der Waals surface area (Å²) in [7, 11) is 0. The molecule has 1 aromatic carbocycles. The van der Waals surface area contributed by atoms with Crippen LogP contribution in [0.25, 0.3) is 0 Å². The van der Waals surface area contributed by atoms with Crippen LogP contribution in [-0.2, 0) is 17.6 Å². The van der Waals surface area contributed by atoms with E-state index in [2.05, 4.69) is 0 Å². The van der Waals surface area contributed by atoms with Crippen LogP contribution in [0.2, 0.25) is 5.02 Å². The Morgan fingerprint density at radius 3 is 3.00 bits per heavy atom. The number of rotatable bonds is 0. The van der Waals surface area contributed by atoms with Crippen LogP contribution < -0.4 is 5.73 Å². The summed E-state index contributed by atoms with van der Waals surface area (Å²) in [5.41, 5.74) is 7.85. The molecule has 0 spiro atoms. The zero-order valence-electron chi connectivity index (χ0n) is 7.79. The highest BCUT2D eigenvalue weighted by atomic mass is 35.5. The van der Waals surface area contributed by atoms with E-state index in [0.29, 0.717) is 12.8 Å². The van der Waals surface area contributed by atoms with Crippen molar-refractivity contribution >= 4 is 17.4 Å². The topological polar surface area (TPSA) is 43.1 Å². The summed E-state index contributed by atoms with van der Waals surface area (Å²) < 4.78 is 0. The second-order valence-electron chi connectivity index (χ2n) is 3.67. The largest absolute Gasteiger partial charge is 0.321 e. The minimum atomic E-state index is -0.321. The van der Waals surface area contributed by atoms with Crippen LogP contribution in [0, 0.1) is 0 Å². The first-order chi connectivity index (χ1) is 6.68. The number of carbonyl (C=O) groups excluding carboxylic acids is 1. The zero-order chi connectivity index (χ0) is 10.1. The van der Waals surface area contributed by atoms with Gasteiger partial charge in [0.1, 0.15) is 0 Å². The molecule has 1 aliphatic rings. The monoisotopic (exact) mass is 209 g/mol. The lowest BCUT2D eigenvalue weighted by molar-refractivity contribution is -0.119. The number of hydrogen-bond acceptors (Lipinski definition) is 2. The third-order valence-electron chi connectivity index (χ3n) is 2.70. The van der Waals surface area contributed by atoms with Crippen LogP contribution in [0.3, 0.4) is 0 Å². The standard InChI is InChI=1S/C11H12ClNO/c12-9-3-1-2-7-6-11(14)10(13)5-4-8(7)9/h1-3,10H,4-6,13H2. The summed E-state index contributed by atoms with van der Waals surface area (Å²) >= 11 is 6.06. The molecule has 1 aliphatic carbocycles. The van der Waals surface area contributed by atoms with Gasteiger partial charge in [-0.25, -0.2) is 0 Å². The minimum Gasteiger partial charge on any atom is -0.321 e. The van der Waals surface area contributed by atoms with Gasteiger partial charge >= 0.3 is 0 Å². The molecule has 1 unspecified atom stereocenters. The highest BCUT2D eigenvalue weighted by Crippen LogP contribution is 2.25. The maximum absolute atomic E-state index is 11.5. The Kier molecular flexibility index (Phi) is 2.57. The van der Waals surface area contributed by atoms with Crippen LogP contribution in [0.5, 0.6) is 0 Å². The highest BCUT2D eigenvalue weighted by molar-refractivity contribution is 6.31. The average Bonchev–Trinajstić information content (AvgIpc) is 2.29. The Balaban J connectivity index is 2.42. The quantitative estimate of drug-likeness (QED) is 0.662. The van der Waals surface area contributed by atoms with E-state index in [1.54, 1.807) is 0 Å². The number of nitrogens with two attached hydrogens (primary N) is 1. The molecule has 14 heavy (non-hydrogen) atoms. The number of hydrogen-bond donors (Lipinski definition) is 1. The van der Waals surface area contributed by atoms with Crippen LogP contribution in [0.15, 0.2) is 18.2 Å². The molecule has 0 radical (unpaired) electrons. The molecule has 2 rings (SSSR count). The van der Waals surface area contributed by atoms with E-state index in [4.69, 9.17) is 17.3 Å². The van der Waals surface area contributed by atoms with Gasteiger partial charge in [-0.2, -0.15) is 0 Å². The second-order valence-corrected chi connectivity index (χ2v) is 4.07. The Hall–Kier alpha value is -0.860. The van der Waals surface area contributed by atoms with Crippen molar-refractivity contribution in [2.75, 3.05) is 0 Å². The van der Waals surface area contributed by atoms with E-state index in [9.17, 15) is 4.79 Å². The van der Waals surface area contributed by atoms with Gasteiger partial charge in [-0.05, 0) is 30.0 Å². The molecule has 3 heteroatoms. The second kappa shape index (κ2) is 3.71. The van der Waals surface area contributed by atoms with Gasteiger partial charge in [0.2, 0.25) is 0 Å². The summed E-state index contributed by atoms with van der Waals surface area (Å²) in [5.74, 6) is 0.117. The van der Waals surface area contributed by atoms with Crippen molar-refractivity contribution in [1.82, 2.24) is 0 Å². The van der Waals surface area contributed by atoms with Gasteiger partial charge < -0.3 is 5.73 Å². The highest BCUT2D eigenvalue weighted by Gasteiger charge is 2.21. The minimum absolute atomic E-state index is 0.117. The molecule has 0 aromatic heterocycles. The normalized spacial score (nSPS) is 21.6. The van der Waals surface area contributed by atoms with Crippen molar-refractivity contribution in [1.29, 1.82) is 0 Å². The van der Waals surface area contributed by atoms with Gasteiger partial charge in [-0.3, -0.25) is 4.79 Å². The van der Waals surface area contributed by atoms with Crippen molar-refractivity contribution in [2.45, 2.75) is 25.3 Å². The number of carbonyl (C=O) groups is 1. The fourth-order valence-corrected chi connectivity index (χ4v) is 2.12. The zero-order valence-corrected chi connectivity index (χ0v) is 8.55. The first-order valence-corrected chi connectivity index (χ1v) is 5.11. The van der Waals surface area contributed by atoms with Gasteiger partial charge in [0.05, 0.1) is 6.04 Å². The number of halogens is 1. The summed E-state index contributed by atoms with van der Waals surface area (Å²) in [6, 6.07) is 5.38. The molecule has 2 N–H and O–H groups in total. The van der Waals surface area contributed by atoms with E-state index in [-0.39, 0.29) is 11.8 Å². The lowest BCUT2D eigenvalue weighted by Crippen LogP contribution is -2.30. The van der Waals surface area contributed by atoms with E-state index in [1.165, 1.54) is 0 Å². The van der Waals surface area contributed by atoms with Gasteiger partial charge in [-0.1, -0.05) is 23.7 Å². The van der Waals surface area contributed by atoms with Crippen molar-refractivity contribution in [3.63, 3.8) is 0 Å². The van der Waals surface area contributed by atoms with Crippen LogP contribution in [0.1, 0.15) is 17.5 Å². The number of ketones is 1. The third-order valence-corrected chi connectivity index (χ3v) is 3.05. The average molecular weight is 210 g/mol. The lowest BCUT2D eigenvalue weighted by atomic mass is 10.0. The fraction of sp³-hybridized carbons (Fsp3) is 0.364. The summed E-state index contributed by atoms with van der Waals surface area (Å²) in [6.07, 6.45) is 1.94. The van der Waals surface area contributed by atoms with Gasteiger partial charge in [-0.15, -0.1) is 0 Å². The first kappa shape index (κ1) is 9.69. The molecule has 0 saturated heterocycles. The maximum atomic E-state index is 11.5. The van der Waals surface area contributed by atoms with Crippen molar-refractivity contribution in [2.24, 2.45) is 5.73 Å². The molecule has 0 aliphatic heterocycles. The SMILES string of the molecule is NC1CCc2c(Cl)cccc2CC1=O. The molecule has 0 saturated carbocycles. The van der Waals surface area contributed by atoms with E-state index < -0.39 is 0 Å². The predicted octanol–water partition coefficient (Wildman–Crippen LogP) is 1.73. The Morgan fingerprint density at radius 2 is 2.21 bits per heavy atom. The Morgan fingerprint density at radius 1 is 1.43 bits per heavy atom. The fourth-order valence-electron chi connectivity index (χ4n) is 1.83. The number of benzene rings is 1.